The minimum Gasteiger partial charge on any atom is -0.478 e. The fraction of sp³-hybridized carbons (Fsp3) is 0.500. The summed E-state index contributed by atoms with van der Waals surface area (Å²) in [7, 11) is 0. The number of anilines is 3. The Morgan fingerprint density at radius 1 is 0.812 bits per heavy atom. The van der Waals surface area contributed by atoms with E-state index < -0.39 is 36.7 Å². The predicted octanol–water partition coefficient (Wildman–Crippen LogP) is 0.934. The van der Waals surface area contributed by atoms with E-state index in [4.69, 9.17) is 30.6 Å². The van der Waals surface area contributed by atoms with Crippen molar-refractivity contribution >= 4 is 97.5 Å². The van der Waals surface area contributed by atoms with Crippen LogP contribution in [0.25, 0.3) is 0 Å². The highest BCUT2D eigenvalue weighted by molar-refractivity contribution is 14.1. The van der Waals surface area contributed by atoms with Crippen molar-refractivity contribution in [2.45, 2.75) is 37.6 Å². The number of hydrogen-bond donors (Lipinski definition) is 10. The summed E-state index contributed by atoms with van der Waals surface area (Å²) in [6.45, 7) is -0.179. The molecule has 0 aliphatic carbocycles. The SMILES string of the molecule is O=C(O)c1c(NI)cc(NI)c(C(=O)N(CCCC(O)(O)O)CCCC(O)(O)O)c1NI. The topological polar surface area (TPSA) is 215 Å². The Morgan fingerprint density at radius 3 is 1.59 bits per heavy atom. The molecule has 0 saturated carbocycles. The number of carbonyl (C=O) groups excluding carboxylic acids is 1. The Balaban J connectivity index is 3.41. The lowest BCUT2D eigenvalue weighted by atomic mass is 10.0. The minimum atomic E-state index is -2.93. The fourth-order valence-electron chi connectivity index (χ4n) is 2.86. The van der Waals surface area contributed by atoms with Crippen molar-refractivity contribution in [3.05, 3.63) is 17.2 Å². The summed E-state index contributed by atoms with van der Waals surface area (Å²) in [6, 6.07) is 1.44. The van der Waals surface area contributed by atoms with Crippen LogP contribution >= 0.6 is 68.6 Å². The van der Waals surface area contributed by atoms with Gasteiger partial charge in [0.05, 0.1) is 91.2 Å². The summed E-state index contributed by atoms with van der Waals surface area (Å²) >= 11 is 5.24. The molecule has 0 radical (unpaired) electrons. The van der Waals surface area contributed by atoms with Gasteiger partial charge in [-0.25, -0.2) is 4.79 Å². The van der Waals surface area contributed by atoms with Crippen molar-refractivity contribution in [3.8, 4) is 0 Å². The van der Waals surface area contributed by atoms with Crippen LogP contribution in [0.15, 0.2) is 6.07 Å². The van der Waals surface area contributed by atoms with Crippen LogP contribution in [-0.2, 0) is 0 Å². The maximum Gasteiger partial charge on any atom is 0.340 e. The zero-order valence-corrected chi connectivity index (χ0v) is 22.8. The standard InChI is InChI=1S/C16H23I3N4O9/c17-20-8-7-9(21-18)11(14(25)26)12(22-19)10(8)13(24)23(5-1-3-15(27,28)29)6-2-4-16(30,31)32/h7,20-22,27-32H,1-6H2,(H,25,26). The van der Waals surface area contributed by atoms with Crippen molar-refractivity contribution in [2.75, 3.05) is 23.7 Å². The predicted molar refractivity (Wildman–Crippen MR) is 139 cm³/mol. The van der Waals surface area contributed by atoms with Crippen LogP contribution in [0.3, 0.4) is 0 Å². The summed E-state index contributed by atoms with van der Waals surface area (Å²) in [6.07, 6.45) is -1.05. The molecule has 32 heavy (non-hydrogen) atoms. The molecular formula is C16H23I3N4O9. The number of nitrogens with one attached hydrogen (secondary N) is 3. The van der Waals surface area contributed by atoms with E-state index in [-0.39, 0.29) is 54.1 Å². The smallest absolute Gasteiger partial charge is 0.340 e. The molecule has 13 nitrogen and oxygen atoms in total. The molecule has 0 aliphatic rings. The second kappa shape index (κ2) is 12.8. The number of carboxylic acids is 1. The lowest BCUT2D eigenvalue weighted by Crippen LogP contribution is -2.37. The molecule has 1 rings (SSSR count). The number of carbonyl (C=O) groups is 2. The first-order valence-corrected chi connectivity index (χ1v) is 12.2. The molecule has 0 aromatic heterocycles. The van der Waals surface area contributed by atoms with Gasteiger partial charge in [0, 0.05) is 25.9 Å². The average Bonchev–Trinajstić information content (AvgIpc) is 2.68. The van der Waals surface area contributed by atoms with E-state index >= 15 is 0 Å². The second-order valence-corrected chi connectivity index (χ2v) is 8.35. The molecule has 1 aromatic carbocycles. The van der Waals surface area contributed by atoms with Gasteiger partial charge in [-0.15, -0.1) is 0 Å². The van der Waals surface area contributed by atoms with E-state index in [1.165, 1.54) is 11.0 Å². The third-order valence-electron chi connectivity index (χ3n) is 4.22. The number of aromatic carboxylic acids is 1. The van der Waals surface area contributed by atoms with E-state index in [1.807, 2.05) is 0 Å². The van der Waals surface area contributed by atoms with Gasteiger partial charge >= 0.3 is 5.97 Å². The molecule has 0 aliphatic heterocycles. The molecule has 0 heterocycles. The molecule has 0 fully saturated rings. The van der Waals surface area contributed by atoms with Gasteiger partial charge in [0.2, 0.25) is 0 Å². The molecule has 0 atom stereocenters. The van der Waals surface area contributed by atoms with Gasteiger partial charge in [0.15, 0.2) is 0 Å². The van der Waals surface area contributed by atoms with Crippen molar-refractivity contribution in [3.63, 3.8) is 0 Å². The van der Waals surface area contributed by atoms with Gasteiger partial charge in [-0.3, -0.25) is 4.79 Å². The minimum absolute atomic E-state index is 0.00979. The average molecular weight is 796 g/mol. The van der Waals surface area contributed by atoms with Crippen LogP contribution in [0.1, 0.15) is 46.4 Å². The van der Waals surface area contributed by atoms with Gasteiger partial charge in [0.25, 0.3) is 17.9 Å². The molecule has 0 bridgehead atoms. The molecule has 0 unspecified atom stereocenters. The van der Waals surface area contributed by atoms with Crippen LogP contribution in [0.5, 0.6) is 0 Å². The normalized spacial score (nSPS) is 11.8. The fourth-order valence-corrected chi connectivity index (χ4v) is 4.25. The van der Waals surface area contributed by atoms with Crippen molar-refractivity contribution < 1.29 is 45.3 Å². The van der Waals surface area contributed by atoms with Crippen LogP contribution in [-0.4, -0.2) is 77.6 Å². The quantitative estimate of drug-likeness (QED) is 0.0768. The van der Waals surface area contributed by atoms with Crippen LogP contribution in [0.2, 0.25) is 0 Å². The number of carboxylic acid groups (broad SMARTS) is 1. The third-order valence-corrected chi connectivity index (χ3v) is 5.92. The molecule has 1 amide bonds. The molecule has 1 aromatic rings. The van der Waals surface area contributed by atoms with Crippen LogP contribution < -0.4 is 10.6 Å². The largest absolute Gasteiger partial charge is 0.478 e. The van der Waals surface area contributed by atoms with E-state index in [1.54, 1.807) is 68.6 Å². The highest BCUT2D eigenvalue weighted by atomic mass is 127. The lowest BCUT2D eigenvalue weighted by molar-refractivity contribution is -0.315. The highest BCUT2D eigenvalue weighted by Crippen LogP contribution is 2.38. The first-order valence-electron chi connectivity index (χ1n) is 8.93. The molecular weight excluding hydrogens is 773 g/mol. The number of rotatable bonds is 13. The first kappa shape index (κ1) is 29.5. The number of benzene rings is 1. The summed E-state index contributed by atoms with van der Waals surface area (Å²) in [4.78, 5) is 26.5. The van der Waals surface area contributed by atoms with Crippen molar-refractivity contribution in [2.24, 2.45) is 0 Å². The first-order chi connectivity index (χ1) is 14.8. The third kappa shape index (κ3) is 9.04. The maximum atomic E-state index is 13.4. The molecule has 10 N–H and O–H groups in total. The van der Waals surface area contributed by atoms with Gasteiger partial charge < -0.3 is 51.2 Å². The lowest BCUT2D eigenvalue weighted by Gasteiger charge is -2.27. The van der Waals surface area contributed by atoms with E-state index in [9.17, 15) is 14.7 Å². The van der Waals surface area contributed by atoms with E-state index in [0.717, 1.165) is 0 Å². The number of nitrogens with zero attached hydrogens (tertiary/aromatic N) is 1. The summed E-state index contributed by atoms with van der Waals surface area (Å²) in [5.74, 6) is -7.80. The molecule has 16 heteroatoms. The van der Waals surface area contributed by atoms with Gasteiger partial charge in [-0.05, 0) is 18.9 Å². The van der Waals surface area contributed by atoms with Crippen LogP contribution in [0.4, 0.5) is 17.1 Å². The second-order valence-electron chi connectivity index (χ2n) is 6.73. The number of hydrogen-bond acceptors (Lipinski definition) is 11. The number of halogens is 3. The van der Waals surface area contributed by atoms with Gasteiger partial charge in [-0.1, -0.05) is 0 Å². The van der Waals surface area contributed by atoms with E-state index in [0.29, 0.717) is 0 Å². The molecule has 0 spiro atoms. The van der Waals surface area contributed by atoms with Gasteiger partial charge in [-0.2, -0.15) is 0 Å². The Bertz CT molecular complexity index is 795. The van der Waals surface area contributed by atoms with Crippen LogP contribution in [0, 0.1) is 0 Å². The summed E-state index contributed by atoms with van der Waals surface area (Å²) in [5.41, 5.74) is 0.317. The molecule has 0 saturated heterocycles. The Hall–Kier alpha value is -0.490. The molecule has 182 valence electrons. The summed E-state index contributed by atoms with van der Waals surface area (Å²) < 4.78 is 8.25. The zero-order valence-electron chi connectivity index (χ0n) is 16.3. The monoisotopic (exact) mass is 796 g/mol. The highest BCUT2D eigenvalue weighted by Gasteiger charge is 2.30. The van der Waals surface area contributed by atoms with Gasteiger partial charge in [0.1, 0.15) is 5.56 Å². The Morgan fingerprint density at radius 2 is 1.25 bits per heavy atom. The van der Waals surface area contributed by atoms with E-state index in [2.05, 4.69) is 10.6 Å². The number of aliphatic hydroxyl groups is 6. The Kier molecular flexibility index (Phi) is 11.8. The van der Waals surface area contributed by atoms with Crippen molar-refractivity contribution in [1.82, 2.24) is 4.90 Å². The zero-order chi connectivity index (χ0) is 24.7. The van der Waals surface area contributed by atoms with Crippen molar-refractivity contribution in [1.29, 1.82) is 0 Å². The summed E-state index contributed by atoms with van der Waals surface area (Å²) in [5, 5.41) is 64.3. The number of amides is 1. The Labute approximate surface area is 224 Å². The maximum absolute atomic E-state index is 13.4.